The summed E-state index contributed by atoms with van der Waals surface area (Å²) in [5.74, 6) is 0. The number of fused-ring (bicyclic) bond motifs is 2. The fourth-order valence-electron chi connectivity index (χ4n) is 4.54. The van der Waals surface area contributed by atoms with Gasteiger partial charge in [-0.15, -0.1) is 0 Å². The lowest BCUT2D eigenvalue weighted by molar-refractivity contribution is 0.584. The Hall–Kier alpha value is -2.34. The lowest BCUT2D eigenvalue weighted by atomic mass is 9.81. The number of allylic oxidation sites excluding steroid dienone is 4. The molecule has 0 saturated heterocycles. The van der Waals surface area contributed by atoms with Crippen molar-refractivity contribution < 1.29 is 0 Å². The van der Waals surface area contributed by atoms with Gasteiger partial charge in [0.2, 0.25) is 0 Å². The van der Waals surface area contributed by atoms with Crippen LogP contribution in [0.4, 0.5) is 0 Å². The topological polar surface area (TPSA) is 0 Å². The van der Waals surface area contributed by atoms with Crippen LogP contribution in [0.5, 0.6) is 0 Å². The molecule has 0 aliphatic heterocycles. The summed E-state index contributed by atoms with van der Waals surface area (Å²) in [6, 6.07) is 9.19. The molecule has 0 saturated carbocycles. The predicted octanol–water partition coefficient (Wildman–Crippen LogP) is 5.46. The third-order valence-electron chi connectivity index (χ3n) is 5.87. The zero-order chi connectivity index (χ0) is 19.6. The maximum atomic E-state index is 4.55. The summed E-state index contributed by atoms with van der Waals surface area (Å²) in [5.41, 5.74) is 7.06. The fraction of sp³-hybridized carbons (Fsp3) is 0.333. The van der Waals surface area contributed by atoms with Crippen LogP contribution < -0.4 is 10.4 Å². The molecule has 0 nitrogen and oxygen atoms in total. The first-order valence-corrected chi connectivity index (χ1v) is 9.97. The summed E-state index contributed by atoms with van der Waals surface area (Å²) in [4.78, 5) is 0. The largest absolute Gasteiger partial charge is 0.0908 e. The lowest BCUT2D eigenvalue weighted by Crippen LogP contribution is -2.25. The zero-order valence-electron chi connectivity index (χ0n) is 17.5. The molecule has 0 heterocycles. The van der Waals surface area contributed by atoms with Crippen LogP contribution in [-0.2, 0) is 10.8 Å². The van der Waals surface area contributed by atoms with Gasteiger partial charge in [0.1, 0.15) is 0 Å². The third kappa shape index (κ3) is 2.83. The molecule has 27 heavy (non-hydrogen) atoms. The van der Waals surface area contributed by atoms with E-state index in [2.05, 4.69) is 96.7 Å². The summed E-state index contributed by atoms with van der Waals surface area (Å²) < 4.78 is 0. The van der Waals surface area contributed by atoms with Crippen molar-refractivity contribution in [3.05, 3.63) is 85.6 Å². The monoisotopic (exact) mass is 354 g/mol. The van der Waals surface area contributed by atoms with Gasteiger partial charge < -0.3 is 0 Å². The van der Waals surface area contributed by atoms with E-state index in [1.165, 1.54) is 48.7 Å². The van der Waals surface area contributed by atoms with Crippen molar-refractivity contribution in [1.29, 1.82) is 0 Å². The molecule has 0 radical (unpaired) electrons. The molecule has 0 spiro atoms. The standard InChI is InChI=1S/C27H30/c1-17-24(27(5,6)7)16-20-19-13-10-14-23(26(2,3)4)21(19)15-22(20)25(17)18-11-8-9-12-18/h8-11,13-16H,1,12H2,2-7H3. The van der Waals surface area contributed by atoms with E-state index >= 15 is 0 Å². The summed E-state index contributed by atoms with van der Waals surface area (Å²) in [6.45, 7) is 18.3. The van der Waals surface area contributed by atoms with Crippen LogP contribution in [0.3, 0.4) is 0 Å². The highest BCUT2D eigenvalue weighted by Gasteiger charge is 2.23. The van der Waals surface area contributed by atoms with E-state index in [-0.39, 0.29) is 10.8 Å². The van der Waals surface area contributed by atoms with E-state index in [4.69, 9.17) is 0 Å². The Morgan fingerprint density at radius 3 is 2.19 bits per heavy atom. The molecule has 4 rings (SSSR count). The Bertz CT molecular complexity index is 1200. The maximum Gasteiger partial charge on any atom is -0.00727 e. The molecule has 0 unspecified atom stereocenters. The van der Waals surface area contributed by atoms with E-state index in [1.54, 1.807) is 0 Å². The predicted molar refractivity (Wildman–Crippen MR) is 118 cm³/mol. The van der Waals surface area contributed by atoms with Crippen LogP contribution in [0, 0.1) is 10.4 Å². The van der Waals surface area contributed by atoms with Gasteiger partial charge in [-0.05, 0) is 78.1 Å². The zero-order valence-corrected chi connectivity index (χ0v) is 17.5. The van der Waals surface area contributed by atoms with Gasteiger partial charge in [0, 0.05) is 0 Å². The molecule has 0 amide bonds. The van der Waals surface area contributed by atoms with Crippen LogP contribution in [0.2, 0.25) is 0 Å². The Labute approximate surface area is 163 Å². The van der Waals surface area contributed by atoms with Crippen molar-refractivity contribution >= 4 is 18.2 Å². The Morgan fingerprint density at radius 1 is 0.889 bits per heavy atom. The molecular weight excluding hydrogens is 324 g/mol. The minimum absolute atomic E-state index is 0.0673. The highest BCUT2D eigenvalue weighted by Crippen LogP contribution is 2.31. The normalized spacial score (nSPS) is 15.4. The van der Waals surface area contributed by atoms with Crippen molar-refractivity contribution in [2.75, 3.05) is 0 Å². The van der Waals surface area contributed by atoms with Gasteiger partial charge in [0.05, 0.1) is 0 Å². The first-order valence-electron chi connectivity index (χ1n) is 9.97. The molecule has 0 fully saturated rings. The van der Waals surface area contributed by atoms with Gasteiger partial charge >= 0.3 is 0 Å². The molecule has 0 heteroatoms. The second kappa shape index (κ2) is 5.83. The second-order valence-corrected chi connectivity index (χ2v) is 9.97. The SMILES string of the molecule is C=c1c(C(C)(C)C)cc2c(c1C1=CC=CC1)C=c1c(C(C)(C)C)cccc1=2. The molecule has 138 valence electrons. The van der Waals surface area contributed by atoms with Gasteiger partial charge in [-0.1, -0.05) is 84.5 Å². The molecule has 2 aromatic carbocycles. The summed E-state index contributed by atoms with van der Waals surface area (Å²) in [6.07, 6.45) is 10.1. The van der Waals surface area contributed by atoms with Crippen molar-refractivity contribution in [2.24, 2.45) is 0 Å². The highest BCUT2D eigenvalue weighted by atomic mass is 14.3. The van der Waals surface area contributed by atoms with E-state index in [0.29, 0.717) is 0 Å². The van der Waals surface area contributed by atoms with Crippen LogP contribution in [0.15, 0.2) is 42.5 Å². The van der Waals surface area contributed by atoms with Crippen molar-refractivity contribution in [2.45, 2.75) is 58.8 Å². The number of hydrogen-bond acceptors (Lipinski definition) is 0. The number of benzene rings is 2. The molecule has 0 atom stereocenters. The van der Waals surface area contributed by atoms with E-state index < -0.39 is 0 Å². The average Bonchev–Trinajstić information content (AvgIpc) is 3.19. The van der Waals surface area contributed by atoms with E-state index in [1.807, 2.05) is 0 Å². The van der Waals surface area contributed by atoms with Gasteiger partial charge in [-0.3, -0.25) is 0 Å². The summed E-state index contributed by atoms with van der Waals surface area (Å²) >= 11 is 0. The van der Waals surface area contributed by atoms with Gasteiger partial charge in [0.15, 0.2) is 0 Å². The number of rotatable bonds is 1. The highest BCUT2D eigenvalue weighted by molar-refractivity contribution is 5.80. The van der Waals surface area contributed by atoms with Gasteiger partial charge in [-0.25, -0.2) is 0 Å². The molecule has 2 aliphatic carbocycles. The Balaban J connectivity index is 2.20. The second-order valence-electron chi connectivity index (χ2n) is 9.97. The third-order valence-corrected chi connectivity index (χ3v) is 5.87. The summed E-state index contributed by atoms with van der Waals surface area (Å²) in [7, 11) is 0. The molecular formula is C27H30. The fourth-order valence-corrected chi connectivity index (χ4v) is 4.54. The quantitative estimate of drug-likeness (QED) is 0.544. The number of hydrogen-bond donors (Lipinski definition) is 0. The maximum absolute atomic E-state index is 4.55. The minimum Gasteiger partial charge on any atom is -0.0908 e. The van der Waals surface area contributed by atoms with Gasteiger partial charge in [0.25, 0.3) is 0 Å². The van der Waals surface area contributed by atoms with Gasteiger partial charge in [-0.2, -0.15) is 0 Å². The van der Waals surface area contributed by atoms with Crippen LogP contribution >= 0.6 is 0 Å². The van der Waals surface area contributed by atoms with Crippen LogP contribution in [0.1, 0.15) is 70.2 Å². The molecule has 2 aliphatic rings. The first-order chi connectivity index (χ1) is 12.6. The first kappa shape index (κ1) is 18.0. The van der Waals surface area contributed by atoms with Crippen molar-refractivity contribution in [3.8, 4) is 0 Å². The smallest absolute Gasteiger partial charge is 0.00727 e. The minimum atomic E-state index is 0.0673. The Morgan fingerprint density at radius 2 is 1.59 bits per heavy atom. The van der Waals surface area contributed by atoms with E-state index in [9.17, 15) is 0 Å². The van der Waals surface area contributed by atoms with E-state index in [0.717, 1.165) is 6.42 Å². The molecule has 0 aromatic heterocycles. The van der Waals surface area contributed by atoms with Crippen LogP contribution in [0.25, 0.3) is 18.2 Å². The van der Waals surface area contributed by atoms with Crippen molar-refractivity contribution in [3.63, 3.8) is 0 Å². The van der Waals surface area contributed by atoms with Crippen LogP contribution in [-0.4, -0.2) is 0 Å². The summed E-state index contributed by atoms with van der Waals surface area (Å²) in [5, 5.41) is 5.32. The lowest BCUT2D eigenvalue weighted by Gasteiger charge is -2.23. The molecule has 0 N–H and O–H groups in total. The van der Waals surface area contributed by atoms with Crippen molar-refractivity contribution in [1.82, 2.24) is 0 Å². The molecule has 0 bridgehead atoms. The molecule has 2 aromatic rings. The Kier molecular flexibility index (Phi) is 3.89. The average molecular weight is 355 g/mol.